The Labute approximate surface area is 147 Å². The highest BCUT2D eigenvalue weighted by atomic mass is 16.3. The molecule has 4 aromatic rings. The summed E-state index contributed by atoms with van der Waals surface area (Å²) in [5, 5.41) is 18.9. The first kappa shape index (κ1) is 15.7. The third-order valence-corrected chi connectivity index (χ3v) is 4.63. The average molecular weight is 327 g/mol. The molecule has 2 nitrogen and oxygen atoms in total. The van der Waals surface area contributed by atoms with Gasteiger partial charge in [-0.25, -0.2) is 0 Å². The van der Waals surface area contributed by atoms with Gasteiger partial charge in [-0.3, -0.25) is 0 Å². The van der Waals surface area contributed by atoms with Crippen molar-refractivity contribution in [3.8, 4) is 0 Å². The summed E-state index contributed by atoms with van der Waals surface area (Å²) >= 11 is 0. The SMILES string of the molecule is CC(C)(O)c1ccc2c(ccc3ccccc32)c1Nc1ccccc1. The molecule has 2 N–H and O–H groups in total. The van der Waals surface area contributed by atoms with Gasteiger partial charge in [0.2, 0.25) is 0 Å². The van der Waals surface area contributed by atoms with Gasteiger partial charge in [0.1, 0.15) is 0 Å². The molecule has 4 rings (SSSR count). The topological polar surface area (TPSA) is 32.3 Å². The summed E-state index contributed by atoms with van der Waals surface area (Å²) in [6, 6.07) is 26.9. The van der Waals surface area contributed by atoms with Crippen molar-refractivity contribution >= 4 is 32.9 Å². The van der Waals surface area contributed by atoms with Crippen LogP contribution in [0.4, 0.5) is 11.4 Å². The van der Waals surface area contributed by atoms with Gasteiger partial charge in [0.05, 0.1) is 11.3 Å². The van der Waals surface area contributed by atoms with E-state index in [1.807, 2.05) is 50.2 Å². The molecule has 0 heterocycles. The molecule has 4 aromatic carbocycles. The van der Waals surface area contributed by atoms with E-state index in [1.54, 1.807) is 0 Å². The van der Waals surface area contributed by atoms with Crippen molar-refractivity contribution in [3.05, 3.63) is 84.4 Å². The molecule has 0 aromatic heterocycles. The average Bonchev–Trinajstić information content (AvgIpc) is 2.61. The Balaban J connectivity index is 2.02. The fourth-order valence-electron chi connectivity index (χ4n) is 3.40. The number of fused-ring (bicyclic) bond motifs is 3. The highest BCUT2D eigenvalue weighted by Crippen LogP contribution is 2.38. The van der Waals surface area contributed by atoms with Gasteiger partial charge >= 0.3 is 0 Å². The van der Waals surface area contributed by atoms with Crippen molar-refractivity contribution in [2.24, 2.45) is 0 Å². The normalized spacial score (nSPS) is 11.8. The second kappa shape index (κ2) is 5.91. The molecule has 0 amide bonds. The first-order valence-corrected chi connectivity index (χ1v) is 8.53. The van der Waals surface area contributed by atoms with E-state index >= 15 is 0 Å². The predicted molar refractivity (Wildman–Crippen MR) is 106 cm³/mol. The van der Waals surface area contributed by atoms with Crippen LogP contribution < -0.4 is 5.32 Å². The molecule has 124 valence electrons. The highest BCUT2D eigenvalue weighted by molar-refractivity contribution is 6.12. The molecule has 0 saturated carbocycles. The van der Waals surface area contributed by atoms with Crippen LogP contribution in [-0.4, -0.2) is 5.11 Å². The number of nitrogens with one attached hydrogen (secondary N) is 1. The molecule has 0 fully saturated rings. The van der Waals surface area contributed by atoms with Crippen LogP contribution in [0.15, 0.2) is 78.9 Å². The Hall–Kier alpha value is -2.84. The maximum absolute atomic E-state index is 10.7. The van der Waals surface area contributed by atoms with Gasteiger partial charge < -0.3 is 10.4 Å². The van der Waals surface area contributed by atoms with Gasteiger partial charge in [-0.15, -0.1) is 0 Å². The van der Waals surface area contributed by atoms with Crippen LogP contribution in [0.2, 0.25) is 0 Å². The lowest BCUT2D eigenvalue weighted by atomic mass is 9.91. The lowest BCUT2D eigenvalue weighted by Crippen LogP contribution is -2.17. The van der Waals surface area contributed by atoms with E-state index < -0.39 is 5.60 Å². The molecule has 0 bridgehead atoms. The molecule has 2 heteroatoms. The predicted octanol–water partition coefficient (Wildman–Crippen LogP) is 5.96. The van der Waals surface area contributed by atoms with Gasteiger partial charge in [-0.05, 0) is 42.1 Å². The molecule has 0 radical (unpaired) electrons. The Morgan fingerprint density at radius 2 is 1.36 bits per heavy atom. The van der Waals surface area contributed by atoms with E-state index in [1.165, 1.54) is 16.2 Å². The lowest BCUT2D eigenvalue weighted by Gasteiger charge is -2.24. The minimum Gasteiger partial charge on any atom is -0.386 e. The van der Waals surface area contributed by atoms with Gasteiger partial charge in [0, 0.05) is 16.6 Å². The highest BCUT2D eigenvalue weighted by Gasteiger charge is 2.22. The summed E-state index contributed by atoms with van der Waals surface area (Å²) in [4.78, 5) is 0. The minimum atomic E-state index is -0.934. The van der Waals surface area contributed by atoms with E-state index in [0.717, 1.165) is 22.3 Å². The summed E-state index contributed by atoms with van der Waals surface area (Å²) in [7, 11) is 0. The van der Waals surface area contributed by atoms with E-state index in [2.05, 4.69) is 47.8 Å². The summed E-state index contributed by atoms with van der Waals surface area (Å²) in [5.41, 5.74) is 1.92. The Morgan fingerprint density at radius 1 is 0.680 bits per heavy atom. The largest absolute Gasteiger partial charge is 0.386 e. The standard InChI is InChI=1S/C23H21NO/c1-23(2,25)21-15-14-19-18-11-7-6-8-16(18)12-13-20(19)22(21)24-17-9-4-3-5-10-17/h3-15,24-25H,1-2H3. The molecule has 25 heavy (non-hydrogen) atoms. The fourth-order valence-corrected chi connectivity index (χ4v) is 3.40. The molecule has 0 spiro atoms. The van der Waals surface area contributed by atoms with Crippen LogP contribution in [0.3, 0.4) is 0 Å². The molecular formula is C23H21NO. The number of benzene rings is 4. The summed E-state index contributed by atoms with van der Waals surface area (Å²) in [6.07, 6.45) is 0. The lowest BCUT2D eigenvalue weighted by molar-refractivity contribution is 0.0795. The molecule has 0 aliphatic rings. The number of hydrogen-bond acceptors (Lipinski definition) is 2. The van der Waals surface area contributed by atoms with Crippen molar-refractivity contribution in [1.29, 1.82) is 0 Å². The monoisotopic (exact) mass is 327 g/mol. The maximum Gasteiger partial charge on any atom is 0.0860 e. The molecular weight excluding hydrogens is 306 g/mol. The van der Waals surface area contributed by atoms with Crippen molar-refractivity contribution in [2.75, 3.05) is 5.32 Å². The fraction of sp³-hybridized carbons (Fsp3) is 0.130. The van der Waals surface area contributed by atoms with Gasteiger partial charge in [-0.2, -0.15) is 0 Å². The smallest absolute Gasteiger partial charge is 0.0860 e. The van der Waals surface area contributed by atoms with Crippen LogP contribution in [-0.2, 0) is 5.60 Å². The minimum absolute atomic E-state index is 0.888. The van der Waals surface area contributed by atoms with E-state index in [4.69, 9.17) is 0 Å². The Bertz CT molecular complexity index is 1050. The number of aliphatic hydroxyl groups is 1. The number of hydrogen-bond donors (Lipinski definition) is 2. The van der Waals surface area contributed by atoms with Crippen LogP contribution in [0, 0.1) is 0 Å². The second-order valence-electron chi connectivity index (χ2n) is 6.92. The molecule has 0 aliphatic heterocycles. The Kier molecular flexibility index (Phi) is 3.70. The first-order chi connectivity index (χ1) is 12.0. The van der Waals surface area contributed by atoms with E-state index in [9.17, 15) is 5.11 Å². The van der Waals surface area contributed by atoms with Gasteiger partial charge in [-0.1, -0.05) is 66.7 Å². The third kappa shape index (κ3) is 2.86. The van der Waals surface area contributed by atoms with Crippen molar-refractivity contribution < 1.29 is 5.11 Å². The molecule has 0 aliphatic carbocycles. The van der Waals surface area contributed by atoms with Crippen molar-refractivity contribution in [2.45, 2.75) is 19.4 Å². The zero-order chi connectivity index (χ0) is 17.4. The number of anilines is 2. The van der Waals surface area contributed by atoms with Crippen LogP contribution in [0.25, 0.3) is 21.5 Å². The second-order valence-corrected chi connectivity index (χ2v) is 6.92. The first-order valence-electron chi connectivity index (χ1n) is 8.53. The number of rotatable bonds is 3. The molecule has 0 unspecified atom stereocenters. The quantitative estimate of drug-likeness (QED) is 0.455. The van der Waals surface area contributed by atoms with Crippen LogP contribution in [0.5, 0.6) is 0 Å². The van der Waals surface area contributed by atoms with Gasteiger partial charge in [0.15, 0.2) is 0 Å². The zero-order valence-electron chi connectivity index (χ0n) is 14.5. The summed E-state index contributed by atoms with van der Waals surface area (Å²) < 4.78 is 0. The molecule has 0 saturated heterocycles. The van der Waals surface area contributed by atoms with Crippen molar-refractivity contribution in [3.63, 3.8) is 0 Å². The van der Waals surface area contributed by atoms with Crippen LogP contribution >= 0.6 is 0 Å². The zero-order valence-corrected chi connectivity index (χ0v) is 14.5. The van der Waals surface area contributed by atoms with Crippen molar-refractivity contribution in [1.82, 2.24) is 0 Å². The van der Waals surface area contributed by atoms with E-state index in [0.29, 0.717) is 0 Å². The summed E-state index contributed by atoms with van der Waals surface area (Å²) in [5.74, 6) is 0. The third-order valence-electron chi connectivity index (χ3n) is 4.63. The van der Waals surface area contributed by atoms with Crippen LogP contribution in [0.1, 0.15) is 19.4 Å². The van der Waals surface area contributed by atoms with E-state index in [-0.39, 0.29) is 0 Å². The summed E-state index contributed by atoms with van der Waals surface area (Å²) in [6.45, 7) is 3.65. The molecule has 0 atom stereocenters. The van der Waals surface area contributed by atoms with Gasteiger partial charge in [0.25, 0.3) is 0 Å². The maximum atomic E-state index is 10.7. The Morgan fingerprint density at radius 3 is 2.12 bits per heavy atom. The number of para-hydroxylation sites is 1.